The third kappa shape index (κ3) is 4.23. The van der Waals surface area contributed by atoms with Gasteiger partial charge in [0.1, 0.15) is 17.7 Å². The van der Waals surface area contributed by atoms with E-state index in [-0.39, 0.29) is 11.8 Å². The van der Waals surface area contributed by atoms with Crippen molar-refractivity contribution in [2.24, 2.45) is 7.05 Å². The van der Waals surface area contributed by atoms with Crippen molar-refractivity contribution in [3.63, 3.8) is 0 Å². The third-order valence-electron chi connectivity index (χ3n) is 3.89. The minimum absolute atomic E-state index is 0.318. The molecule has 3 rings (SSSR count). The number of urea groups is 1. The summed E-state index contributed by atoms with van der Waals surface area (Å²) in [6.45, 7) is 0.420. The first kappa shape index (κ1) is 16.7. The maximum atomic E-state index is 13.2. The number of benzene rings is 2. The maximum Gasteiger partial charge on any atom is 0.315 e. The molecule has 0 saturated carbocycles. The summed E-state index contributed by atoms with van der Waals surface area (Å²) in [4.78, 5) is 16.7. The van der Waals surface area contributed by atoms with Gasteiger partial charge in [-0.15, -0.1) is 0 Å². The van der Waals surface area contributed by atoms with Crippen LogP contribution in [0.3, 0.4) is 0 Å². The van der Waals surface area contributed by atoms with Crippen molar-refractivity contribution in [2.45, 2.75) is 12.6 Å². The van der Waals surface area contributed by atoms with Crippen molar-refractivity contribution in [1.82, 2.24) is 20.2 Å². The van der Waals surface area contributed by atoms with Gasteiger partial charge in [-0.2, -0.15) is 0 Å². The van der Waals surface area contributed by atoms with E-state index in [1.54, 1.807) is 24.5 Å². The molecule has 0 unspecified atom stereocenters. The summed E-state index contributed by atoms with van der Waals surface area (Å²) in [5.41, 5.74) is 1.76. The van der Waals surface area contributed by atoms with Crippen molar-refractivity contribution in [3.8, 4) is 0 Å². The third-order valence-corrected chi connectivity index (χ3v) is 3.89. The van der Waals surface area contributed by atoms with Gasteiger partial charge in [-0.05, 0) is 23.3 Å². The Bertz CT molecular complexity index is 830. The molecule has 1 atom stereocenters. The molecule has 0 bridgehead atoms. The Morgan fingerprint density at radius 3 is 2.52 bits per heavy atom. The Morgan fingerprint density at radius 2 is 1.88 bits per heavy atom. The largest absolute Gasteiger partial charge is 0.336 e. The smallest absolute Gasteiger partial charge is 0.315 e. The van der Waals surface area contributed by atoms with E-state index in [9.17, 15) is 9.18 Å². The second-order valence-electron chi connectivity index (χ2n) is 5.69. The number of rotatable bonds is 5. The highest BCUT2D eigenvalue weighted by Gasteiger charge is 2.20. The second-order valence-corrected chi connectivity index (χ2v) is 5.69. The van der Waals surface area contributed by atoms with Crippen molar-refractivity contribution in [2.75, 3.05) is 0 Å². The predicted molar refractivity (Wildman–Crippen MR) is 93.3 cm³/mol. The van der Waals surface area contributed by atoms with E-state index in [1.165, 1.54) is 12.1 Å². The molecule has 0 fully saturated rings. The number of carbonyl (C=O) groups excluding carboxylic acids is 1. The van der Waals surface area contributed by atoms with Crippen molar-refractivity contribution >= 4 is 6.03 Å². The molecule has 0 aliphatic rings. The van der Waals surface area contributed by atoms with E-state index in [4.69, 9.17) is 0 Å². The number of carbonyl (C=O) groups is 1. The highest BCUT2D eigenvalue weighted by Crippen LogP contribution is 2.20. The zero-order valence-corrected chi connectivity index (χ0v) is 13.8. The van der Waals surface area contributed by atoms with Crippen LogP contribution in [-0.4, -0.2) is 15.6 Å². The van der Waals surface area contributed by atoms with Gasteiger partial charge >= 0.3 is 6.03 Å². The Hall–Kier alpha value is -3.15. The molecule has 128 valence electrons. The summed E-state index contributed by atoms with van der Waals surface area (Å²) in [6, 6.07) is 14.9. The Balaban J connectivity index is 1.74. The van der Waals surface area contributed by atoms with Gasteiger partial charge in [0, 0.05) is 26.0 Å². The zero-order valence-electron chi connectivity index (χ0n) is 13.8. The number of aryl methyl sites for hydroxylation is 1. The van der Waals surface area contributed by atoms with Crippen LogP contribution >= 0.6 is 0 Å². The van der Waals surface area contributed by atoms with E-state index in [0.717, 1.165) is 11.1 Å². The molecule has 0 radical (unpaired) electrons. The van der Waals surface area contributed by atoms with Crippen LogP contribution in [0.2, 0.25) is 0 Å². The molecule has 0 aliphatic heterocycles. The Labute approximate surface area is 145 Å². The quantitative estimate of drug-likeness (QED) is 0.751. The minimum atomic E-state index is -0.476. The van der Waals surface area contributed by atoms with Crippen molar-refractivity contribution in [3.05, 3.63) is 89.8 Å². The number of nitrogens with zero attached hydrogens (tertiary/aromatic N) is 2. The molecule has 0 spiro atoms. The molecule has 2 N–H and O–H groups in total. The van der Waals surface area contributed by atoms with Crippen LogP contribution < -0.4 is 10.6 Å². The van der Waals surface area contributed by atoms with Crippen LogP contribution in [0.5, 0.6) is 0 Å². The standard InChI is InChI=1S/C19H19FN4O/c1-24-12-11-21-18(24)17(15-7-9-16(20)10-8-15)23-19(25)22-13-14-5-3-2-4-6-14/h2-12,17H,13H2,1H3,(H2,22,23,25)/t17-/m1/s1. The summed E-state index contributed by atoms with van der Waals surface area (Å²) in [5, 5.41) is 5.74. The topological polar surface area (TPSA) is 59.0 Å². The first-order valence-corrected chi connectivity index (χ1v) is 7.94. The van der Waals surface area contributed by atoms with Gasteiger partial charge in [0.2, 0.25) is 0 Å². The zero-order chi connectivity index (χ0) is 17.6. The van der Waals surface area contributed by atoms with Crippen LogP contribution in [0.1, 0.15) is 23.0 Å². The van der Waals surface area contributed by atoms with Gasteiger partial charge in [0.25, 0.3) is 0 Å². The van der Waals surface area contributed by atoms with Crippen molar-refractivity contribution in [1.29, 1.82) is 0 Å². The normalized spacial score (nSPS) is 11.8. The first-order valence-electron chi connectivity index (χ1n) is 7.94. The molecule has 0 aliphatic carbocycles. The Kier molecular flexibility index (Phi) is 5.09. The van der Waals surface area contributed by atoms with Gasteiger partial charge in [-0.1, -0.05) is 42.5 Å². The summed E-state index contributed by atoms with van der Waals surface area (Å²) >= 11 is 0. The molecule has 6 heteroatoms. The molecule has 2 aromatic carbocycles. The lowest BCUT2D eigenvalue weighted by Crippen LogP contribution is -2.38. The van der Waals surface area contributed by atoms with Crippen LogP contribution in [0.15, 0.2) is 67.0 Å². The molecule has 3 aromatic rings. The molecular weight excluding hydrogens is 319 g/mol. The van der Waals surface area contributed by atoms with Crippen LogP contribution in [0.25, 0.3) is 0 Å². The molecular formula is C19H19FN4O. The van der Waals surface area contributed by atoms with Crippen LogP contribution in [0.4, 0.5) is 9.18 Å². The average molecular weight is 338 g/mol. The average Bonchev–Trinajstić information content (AvgIpc) is 3.05. The first-order chi connectivity index (χ1) is 12.1. The number of hydrogen-bond acceptors (Lipinski definition) is 2. The van der Waals surface area contributed by atoms with Crippen molar-refractivity contribution < 1.29 is 9.18 Å². The van der Waals surface area contributed by atoms with Crippen LogP contribution in [-0.2, 0) is 13.6 Å². The fraction of sp³-hybridized carbons (Fsp3) is 0.158. The lowest BCUT2D eigenvalue weighted by Gasteiger charge is -2.19. The molecule has 1 heterocycles. The number of amides is 2. The van der Waals surface area contributed by atoms with Gasteiger partial charge < -0.3 is 15.2 Å². The summed E-state index contributed by atoms with van der Waals surface area (Å²) in [7, 11) is 1.85. The van der Waals surface area contributed by atoms with E-state index in [1.807, 2.05) is 41.9 Å². The van der Waals surface area contributed by atoms with E-state index in [0.29, 0.717) is 12.4 Å². The second kappa shape index (κ2) is 7.61. The lowest BCUT2D eigenvalue weighted by molar-refractivity contribution is 0.237. The Morgan fingerprint density at radius 1 is 1.16 bits per heavy atom. The molecule has 25 heavy (non-hydrogen) atoms. The van der Waals surface area contributed by atoms with Crippen LogP contribution in [0, 0.1) is 5.82 Å². The number of aromatic nitrogens is 2. The fourth-order valence-electron chi connectivity index (χ4n) is 2.57. The molecule has 5 nitrogen and oxygen atoms in total. The minimum Gasteiger partial charge on any atom is -0.336 e. The summed E-state index contributed by atoms with van der Waals surface area (Å²) < 4.78 is 15.0. The van der Waals surface area contributed by atoms with Gasteiger partial charge in [-0.25, -0.2) is 14.2 Å². The van der Waals surface area contributed by atoms with Gasteiger partial charge in [0.05, 0.1) is 0 Å². The number of nitrogens with one attached hydrogen (secondary N) is 2. The fourth-order valence-corrected chi connectivity index (χ4v) is 2.57. The lowest BCUT2D eigenvalue weighted by atomic mass is 10.1. The molecule has 1 aromatic heterocycles. The van der Waals surface area contributed by atoms with Gasteiger partial charge in [-0.3, -0.25) is 0 Å². The highest BCUT2D eigenvalue weighted by atomic mass is 19.1. The van der Waals surface area contributed by atoms with E-state index in [2.05, 4.69) is 15.6 Å². The SMILES string of the molecule is Cn1ccnc1[C@H](NC(=O)NCc1ccccc1)c1ccc(F)cc1. The number of halogens is 1. The highest BCUT2D eigenvalue weighted by molar-refractivity contribution is 5.74. The van der Waals surface area contributed by atoms with E-state index >= 15 is 0 Å². The number of hydrogen-bond donors (Lipinski definition) is 2. The molecule has 0 saturated heterocycles. The van der Waals surface area contributed by atoms with Gasteiger partial charge in [0.15, 0.2) is 0 Å². The monoisotopic (exact) mass is 338 g/mol. The predicted octanol–water partition coefficient (Wildman–Crippen LogP) is 3.15. The summed E-state index contributed by atoms with van der Waals surface area (Å²) in [6.07, 6.45) is 3.46. The van der Waals surface area contributed by atoms with E-state index < -0.39 is 6.04 Å². The maximum absolute atomic E-state index is 13.2. The number of imidazole rings is 1. The molecule has 2 amide bonds. The summed E-state index contributed by atoms with van der Waals surface area (Å²) in [5.74, 6) is 0.345.